The van der Waals surface area contributed by atoms with E-state index in [2.05, 4.69) is 5.32 Å². The molecule has 1 aromatic carbocycles. The van der Waals surface area contributed by atoms with Crippen molar-refractivity contribution >= 4 is 41.2 Å². The molecule has 0 saturated heterocycles. The molecule has 0 aliphatic rings. The van der Waals surface area contributed by atoms with E-state index in [0.29, 0.717) is 47.6 Å². The van der Waals surface area contributed by atoms with E-state index in [-0.39, 0.29) is 12.1 Å². The zero-order valence-corrected chi connectivity index (χ0v) is 19.5. The Morgan fingerprint density at radius 3 is 2.16 bits per heavy atom. The Bertz CT molecular complexity index is 740. The van der Waals surface area contributed by atoms with Crippen LogP contribution in [0.15, 0.2) is 30.4 Å². The number of carboxylic acids is 2. The van der Waals surface area contributed by atoms with Gasteiger partial charge in [0.15, 0.2) is 0 Å². The van der Waals surface area contributed by atoms with Crippen molar-refractivity contribution in [2.45, 2.75) is 19.9 Å². The van der Waals surface area contributed by atoms with Crippen LogP contribution in [0.25, 0.3) is 0 Å². The maximum atomic E-state index is 12.2. The summed E-state index contributed by atoms with van der Waals surface area (Å²) in [7, 11) is 3.93. The van der Waals surface area contributed by atoms with Crippen LogP contribution in [0.2, 0.25) is 10.0 Å². The van der Waals surface area contributed by atoms with Crippen molar-refractivity contribution < 1.29 is 29.3 Å². The van der Waals surface area contributed by atoms with E-state index in [0.717, 1.165) is 6.54 Å². The van der Waals surface area contributed by atoms with Gasteiger partial charge >= 0.3 is 18.0 Å². The monoisotopic (exact) mass is 477 g/mol. The molecule has 0 aromatic heterocycles. The molecular weight excluding hydrogens is 449 g/mol. The fraction of sp³-hybridized carbons (Fsp3) is 0.450. The van der Waals surface area contributed by atoms with E-state index in [9.17, 15) is 14.4 Å². The van der Waals surface area contributed by atoms with Crippen molar-refractivity contribution in [3.63, 3.8) is 0 Å². The molecule has 9 nitrogen and oxygen atoms in total. The number of likely N-dealkylation sites (N-methyl/N-ethyl adjacent to an activating group) is 1. The Balaban J connectivity index is 0.000000954. The molecule has 0 fully saturated rings. The maximum Gasteiger partial charge on any atom is 0.328 e. The summed E-state index contributed by atoms with van der Waals surface area (Å²) in [6, 6.07) is 5.04. The van der Waals surface area contributed by atoms with Gasteiger partial charge in [0.25, 0.3) is 0 Å². The minimum atomic E-state index is -1.26. The number of urea groups is 1. The Morgan fingerprint density at radius 2 is 1.68 bits per heavy atom. The molecule has 0 heterocycles. The highest BCUT2D eigenvalue weighted by molar-refractivity contribution is 6.34. The lowest BCUT2D eigenvalue weighted by atomic mass is 10.3. The Morgan fingerprint density at radius 1 is 1.10 bits per heavy atom. The summed E-state index contributed by atoms with van der Waals surface area (Å²) in [6.07, 6.45) is 1.12. The molecule has 1 aromatic rings. The molecule has 2 amide bonds. The minimum absolute atomic E-state index is 0.0767. The number of ether oxygens (including phenoxy) is 1. The Hall–Kier alpha value is -2.49. The number of hydrogen-bond donors (Lipinski definition) is 3. The van der Waals surface area contributed by atoms with E-state index in [1.165, 1.54) is 0 Å². The van der Waals surface area contributed by atoms with Crippen LogP contribution in [0.1, 0.15) is 13.8 Å². The van der Waals surface area contributed by atoms with Gasteiger partial charge in [-0.3, -0.25) is 0 Å². The third-order valence-electron chi connectivity index (χ3n) is 3.57. The fourth-order valence-corrected chi connectivity index (χ4v) is 2.40. The highest BCUT2D eigenvalue weighted by Crippen LogP contribution is 2.27. The van der Waals surface area contributed by atoms with Crippen molar-refractivity contribution in [2.75, 3.05) is 40.3 Å². The van der Waals surface area contributed by atoms with Crippen molar-refractivity contribution in [1.82, 2.24) is 15.1 Å². The van der Waals surface area contributed by atoms with Crippen molar-refractivity contribution in [1.29, 1.82) is 0 Å². The van der Waals surface area contributed by atoms with Gasteiger partial charge in [-0.2, -0.15) is 0 Å². The highest BCUT2D eigenvalue weighted by atomic mass is 35.5. The van der Waals surface area contributed by atoms with Gasteiger partial charge in [-0.05, 0) is 40.1 Å². The number of halogens is 2. The normalized spacial score (nSPS) is 10.6. The number of nitrogens with one attached hydrogen (secondary N) is 1. The molecule has 0 spiro atoms. The molecule has 11 heteroatoms. The summed E-state index contributed by atoms with van der Waals surface area (Å²) in [6.45, 7) is 6.16. The second kappa shape index (κ2) is 15.3. The number of nitrogens with zero attached hydrogens (tertiary/aromatic N) is 2. The van der Waals surface area contributed by atoms with Gasteiger partial charge in [0.1, 0.15) is 12.4 Å². The first-order valence-corrected chi connectivity index (χ1v) is 10.1. The maximum absolute atomic E-state index is 12.2. The number of carbonyl (C=O) groups is 3. The second-order valence-corrected chi connectivity index (χ2v) is 7.60. The van der Waals surface area contributed by atoms with Gasteiger partial charge in [-0.15, -0.1) is 0 Å². The molecule has 0 atom stereocenters. The molecule has 0 aliphatic heterocycles. The fourth-order valence-electron chi connectivity index (χ4n) is 2.07. The molecule has 0 bridgehead atoms. The summed E-state index contributed by atoms with van der Waals surface area (Å²) in [5.41, 5.74) is 0. The third-order valence-corrected chi connectivity index (χ3v) is 4.12. The number of aliphatic carboxylic acids is 2. The molecule has 0 saturated carbocycles. The van der Waals surface area contributed by atoms with Crippen LogP contribution in [0.3, 0.4) is 0 Å². The minimum Gasteiger partial charge on any atom is -0.490 e. The van der Waals surface area contributed by atoms with Gasteiger partial charge in [0.2, 0.25) is 0 Å². The quantitative estimate of drug-likeness (QED) is 0.442. The SMILES string of the molecule is CC(C)N(CCOc1cc(Cl)ccc1Cl)C(=O)NCCN(C)C.O=C(O)C=CC(=O)O. The third kappa shape index (κ3) is 14.2. The lowest BCUT2D eigenvalue weighted by molar-refractivity contribution is -0.134. The smallest absolute Gasteiger partial charge is 0.328 e. The first-order valence-electron chi connectivity index (χ1n) is 9.35. The van der Waals surface area contributed by atoms with Crippen LogP contribution >= 0.6 is 23.2 Å². The lowest BCUT2D eigenvalue weighted by Crippen LogP contribution is -2.47. The first-order chi connectivity index (χ1) is 14.4. The van der Waals surface area contributed by atoms with E-state index in [1.54, 1.807) is 23.1 Å². The predicted molar refractivity (Wildman–Crippen MR) is 120 cm³/mol. The first kappa shape index (κ1) is 28.5. The van der Waals surface area contributed by atoms with Gasteiger partial charge in [-0.25, -0.2) is 14.4 Å². The van der Waals surface area contributed by atoms with Gasteiger partial charge in [0, 0.05) is 42.4 Å². The average Bonchev–Trinajstić information content (AvgIpc) is 2.66. The zero-order valence-electron chi connectivity index (χ0n) is 18.0. The second-order valence-electron chi connectivity index (χ2n) is 6.76. The molecule has 31 heavy (non-hydrogen) atoms. The van der Waals surface area contributed by atoms with Crippen LogP contribution < -0.4 is 10.1 Å². The largest absolute Gasteiger partial charge is 0.490 e. The molecule has 0 radical (unpaired) electrons. The Kier molecular flexibility index (Phi) is 14.1. The molecule has 1 rings (SSSR count). The van der Waals surface area contributed by atoms with Gasteiger partial charge < -0.3 is 30.1 Å². The summed E-state index contributed by atoms with van der Waals surface area (Å²) in [5.74, 6) is -1.99. The average molecular weight is 478 g/mol. The van der Waals surface area contributed by atoms with Crippen LogP contribution in [0.5, 0.6) is 5.75 Å². The number of benzene rings is 1. The lowest BCUT2D eigenvalue weighted by Gasteiger charge is -2.27. The van der Waals surface area contributed by atoms with Crippen LogP contribution in [0, 0.1) is 0 Å². The van der Waals surface area contributed by atoms with Gasteiger partial charge in [0.05, 0.1) is 11.6 Å². The number of amides is 2. The molecule has 0 aliphatic carbocycles. The summed E-state index contributed by atoms with van der Waals surface area (Å²) in [4.78, 5) is 35.1. The number of rotatable bonds is 10. The summed E-state index contributed by atoms with van der Waals surface area (Å²) < 4.78 is 5.64. The number of carboxylic acid groups (broad SMARTS) is 2. The standard InChI is InChI=1S/C16H25Cl2N3O2.C4H4O4/c1-12(2)21(16(22)19-7-8-20(3)4)9-10-23-15-11-13(17)5-6-14(15)18;5-3(6)1-2-4(7)8/h5-6,11-12H,7-10H2,1-4H3,(H,19,22);1-2H,(H,5,6)(H,7,8). The molecular formula is C20H29Cl2N3O6. The zero-order chi connectivity index (χ0) is 24.0. The van der Waals surface area contributed by atoms with Gasteiger partial charge in [-0.1, -0.05) is 23.2 Å². The molecule has 174 valence electrons. The molecule has 0 unspecified atom stereocenters. The summed E-state index contributed by atoms with van der Waals surface area (Å²) in [5, 5.41) is 19.6. The number of carbonyl (C=O) groups excluding carboxylic acids is 1. The topological polar surface area (TPSA) is 119 Å². The van der Waals surface area contributed by atoms with E-state index < -0.39 is 11.9 Å². The van der Waals surface area contributed by atoms with Crippen molar-refractivity contribution in [3.8, 4) is 5.75 Å². The highest BCUT2D eigenvalue weighted by Gasteiger charge is 2.16. The van der Waals surface area contributed by atoms with Crippen molar-refractivity contribution in [2.24, 2.45) is 0 Å². The summed E-state index contributed by atoms with van der Waals surface area (Å²) >= 11 is 12.0. The van der Waals surface area contributed by atoms with E-state index in [4.69, 9.17) is 38.2 Å². The van der Waals surface area contributed by atoms with Crippen LogP contribution in [-0.4, -0.2) is 84.4 Å². The van der Waals surface area contributed by atoms with Crippen molar-refractivity contribution in [3.05, 3.63) is 40.4 Å². The van der Waals surface area contributed by atoms with E-state index >= 15 is 0 Å². The predicted octanol–water partition coefficient (Wildman–Crippen LogP) is 3.07. The molecule has 3 N–H and O–H groups in total. The van der Waals surface area contributed by atoms with Crippen LogP contribution in [-0.2, 0) is 9.59 Å². The van der Waals surface area contributed by atoms with E-state index in [1.807, 2.05) is 32.8 Å². The van der Waals surface area contributed by atoms with Crippen LogP contribution in [0.4, 0.5) is 4.79 Å². The Labute approximate surface area is 192 Å². The number of hydrogen-bond acceptors (Lipinski definition) is 5.